The highest BCUT2D eigenvalue weighted by molar-refractivity contribution is 6.80. The number of hydrogen-bond acceptors (Lipinski definition) is 5. The molecule has 0 fully saturated rings. The third-order valence-electron chi connectivity index (χ3n) is 4.20. The van der Waals surface area contributed by atoms with E-state index < -0.39 is 8.07 Å². The van der Waals surface area contributed by atoms with Crippen molar-refractivity contribution in [3.63, 3.8) is 0 Å². The van der Waals surface area contributed by atoms with Crippen LogP contribution in [0.3, 0.4) is 0 Å². The van der Waals surface area contributed by atoms with Gasteiger partial charge in [0.2, 0.25) is 0 Å². The molecule has 132 valence electrons. The van der Waals surface area contributed by atoms with Gasteiger partial charge in [-0.2, -0.15) is 0 Å². The maximum atomic E-state index is 10.00. The largest absolute Gasteiger partial charge is 0.379 e. The van der Waals surface area contributed by atoms with Crippen molar-refractivity contribution < 1.29 is 23.7 Å². The Labute approximate surface area is 136 Å². The van der Waals surface area contributed by atoms with Crippen LogP contribution in [0.4, 0.5) is 0 Å². The summed E-state index contributed by atoms with van der Waals surface area (Å²) in [4.78, 5) is 10.00. The van der Waals surface area contributed by atoms with Crippen LogP contribution in [0.25, 0.3) is 0 Å². The normalized spacial score (nSPS) is 12.6. The van der Waals surface area contributed by atoms with Crippen molar-refractivity contribution in [1.82, 2.24) is 0 Å². The minimum Gasteiger partial charge on any atom is -0.379 e. The molecule has 0 N–H and O–H groups in total. The fraction of sp³-hybridized carbons (Fsp3) is 0.938. The zero-order valence-electron chi connectivity index (χ0n) is 15.0. The van der Waals surface area contributed by atoms with Crippen LogP contribution in [-0.4, -0.2) is 67.2 Å². The molecule has 0 saturated carbocycles. The molecule has 6 heteroatoms. The molecule has 0 rings (SSSR count). The van der Waals surface area contributed by atoms with E-state index >= 15 is 0 Å². The fourth-order valence-electron chi connectivity index (χ4n) is 1.49. The highest BCUT2D eigenvalue weighted by Gasteiger charge is 2.34. The standard InChI is InChI=1S/C16H34O5Si/c1-16(2,3)22(4,5)15-14-21-13-12-20-11-10-19-9-8-18-7-6-17/h6H,7-15H2,1-5H3. The molecule has 0 aliphatic heterocycles. The molecule has 5 nitrogen and oxygen atoms in total. The summed E-state index contributed by atoms with van der Waals surface area (Å²) in [6.45, 7) is 16.0. The maximum absolute atomic E-state index is 10.00. The Morgan fingerprint density at radius 3 is 1.59 bits per heavy atom. The Balaban J connectivity index is 3.29. The van der Waals surface area contributed by atoms with Crippen molar-refractivity contribution in [3.8, 4) is 0 Å². The van der Waals surface area contributed by atoms with Gasteiger partial charge in [-0.05, 0) is 11.1 Å². The Bertz CT molecular complexity index is 276. The van der Waals surface area contributed by atoms with Gasteiger partial charge < -0.3 is 23.7 Å². The highest BCUT2D eigenvalue weighted by atomic mass is 28.3. The van der Waals surface area contributed by atoms with E-state index in [2.05, 4.69) is 33.9 Å². The molecule has 0 saturated heterocycles. The second kappa shape index (κ2) is 12.2. The lowest BCUT2D eigenvalue weighted by molar-refractivity contribution is -0.112. The number of hydrogen-bond donors (Lipinski definition) is 0. The van der Waals surface area contributed by atoms with E-state index in [4.69, 9.17) is 18.9 Å². The number of ether oxygens (including phenoxy) is 4. The van der Waals surface area contributed by atoms with E-state index in [0.29, 0.717) is 44.7 Å². The molecular formula is C16H34O5Si. The smallest absolute Gasteiger partial charge is 0.145 e. The van der Waals surface area contributed by atoms with Crippen LogP contribution in [-0.2, 0) is 23.7 Å². The maximum Gasteiger partial charge on any atom is 0.145 e. The van der Waals surface area contributed by atoms with Crippen molar-refractivity contribution in [3.05, 3.63) is 0 Å². The number of rotatable bonds is 14. The van der Waals surface area contributed by atoms with Gasteiger partial charge in [0.1, 0.15) is 12.9 Å². The van der Waals surface area contributed by atoms with Crippen LogP contribution in [0.1, 0.15) is 20.8 Å². The Hall–Kier alpha value is -0.273. The summed E-state index contributed by atoms with van der Waals surface area (Å²) in [6, 6.07) is 1.18. The van der Waals surface area contributed by atoms with Gasteiger partial charge in [0, 0.05) is 6.61 Å². The summed E-state index contributed by atoms with van der Waals surface area (Å²) < 4.78 is 21.3. The van der Waals surface area contributed by atoms with E-state index in [9.17, 15) is 4.79 Å². The molecule has 22 heavy (non-hydrogen) atoms. The van der Waals surface area contributed by atoms with Crippen molar-refractivity contribution in [2.24, 2.45) is 0 Å². The second-order valence-corrected chi connectivity index (χ2v) is 12.7. The molecular weight excluding hydrogens is 300 g/mol. The van der Waals surface area contributed by atoms with Gasteiger partial charge >= 0.3 is 0 Å². The van der Waals surface area contributed by atoms with E-state index in [1.807, 2.05) is 0 Å². The third-order valence-corrected chi connectivity index (χ3v) is 9.72. The van der Waals surface area contributed by atoms with Crippen molar-refractivity contribution in [2.75, 3.05) is 52.9 Å². The number of carbonyl (C=O) groups excluding carboxylic acids is 1. The van der Waals surface area contributed by atoms with Gasteiger partial charge in [0.25, 0.3) is 0 Å². The van der Waals surface area contributed by atoms with Crippen LogP contribution < -0.4 is 0 Å². The van der Waals surface area contributed by atoms with Gasteiger partial charge in [0.05, 0.1) is 47.7 Å². The SMILES string of the molecule is CC(C)(C)[Si](C)(C)CCOCCOCCOCCOCC=O. The van der Waals surface area contributed by atoms with Crippen LogP contribution in [0.15, 0.2) is 0 Å². The predicted molar refractivity (Wildman–Crippen MR) is 91.3 cm³/mol. The minimum atomic E-state index is -1.22. The molecule has 0 aromatic rings. The van der Waals surface area contributed by atoms with Crippen LogP contribution >= 0.6 is 0 Å². The summed E-state index contributed by atoms with van der Waals surface area (Å²) in [5, 5.41) is 0.416. The van der Waals surface area contributed by atoms with Gasteiger partial charge in [-0.3, -0.25) is 0 Å². The molecule has 0 aliphatic carbocycles. The number of aldehydes is 1. The molecule has 0 bridgehead atoms. The van der Waals surface area contributed by atoms with E-state index in [0.717, 1.165) is 12.9 Å². The lowest BCUT2D eigenvalue weighted by Gasteiger charge is -2.36. The first kappa shape index (κ1) is 21.7. The molecule has 0 aliphatic rings. The molecule has 0 aromatic carbocycles. The zero-order valence-corrected chi connectivity index (χ0v) is 16.0. The molecule has 0 unspecified atom stereocenters. The van der Waals surface area contributed by atoms with Crippen molar-refractivity contribution in [2.45, 2.75) is 44.9 Å². The first-order valence-electron chi connectivity index (χ1n) is 8.06. The highest BCUT2D eigenvalue weighted by Crippen LogP contribution is 2.38. The van der Waals surface area contributed by atoms with Crippen LogP contribution in [0, 0.1) is 0 Å². The first-order chi connectivity index (χ1) is 10.3. The molecule has 0 aromatic heterocycles. The first-order valence-corrected chi connectivity index (χ1v) is 11.3. The minimum absolute atomic E-state index is 0.131. The summed E-state index contributed by atoms with van der Waals surface area (Å²) in [5.74, 6) is 0. The second-order valence-electron chi connectivity index (χ2n) is 6.96. The average Bonchev–Trinajstić information content (AvgIpc) is 2.42. The summed E-state index contributed by atoms with van der Waals surface area (Å²) in [5.41, 5.74) is 0. The molecule has 0 spiro atoms. The van der Waals surface area contributed by atoms with Crippen LogP contribution in [0.5, 0.6) is 0 Å². The monoisotopic (exact) mass is 334 g/mol. The van der Waals surface area contributed by atoms with Gasteiger partial charge in [-0.15, -0.1) is 0 Å². The van der Waals surface area contributed by atoms with Gasteiger partial charge in [-0.25, -0.2) is 0 Å². The predicted octanol–water partition coefficient (Wildman–Crippen LogP) is 2.76. The lowest BCUT2D eigenvalue weighted by atomic mass is 10.2. The quantitative estimate of drug-likeness (QED) is 0.278. The van der Waals surface area contributed by atoms with Gasteiger partial charge in [0.15, 0.2) is 0 Å². The zero-order chi connectivity index (χ0) is 16.9. The molecule has 0 atom stereocenters. The number of carbonyl (C=O) groups is 1. The van der Waals surface area contributed by atoms with E-state index in [1.165, 1.54) is 6.04 Å². The Morgan fingerprint density at radius 1 is 0.773 bits per heavy atom. The molecule has 0 heterocycles. The van der Waals surface area contributed by atoms with E-state index in [1.54, 1.807) is 0 Å². The molecule has 0 radical (unpaired) electrons. The molecule has 0 amide bonds. The lowest BCUT2D eigenvalue weighted by Crippen LogP contribution is -2.38. The van der Waals surface area contributed by atoms with Gasteiger partial charge in [-0.1, -0.05) is 33.9 Å². The summed E-state index contributed by atoms with van der Waals surface area (Å²) >= 11 is 0. The van der Waals surface area contributed by atoms with Crippen LogP contribution in [0.2, 0.25) is 24.2 Å². The Morgan fingerprint density at radius 2 is 1.18 bits per heavy atom. The van der Waals surface area contributed by atoms with E-state index in [-0.39, 0.29) is 6.61 Å². The van der Waals surface area contributed by atoms with Crippen molar-refractivity contribution in [1.29, 1.82) is 0 Å². The third kappa shape index (κ3) is 11.3. The topological polar surface area (TPSA) is 54.0 Å². The van der Waals surface area contributed by atoms with Crippen molar-refractivity contribution >= 4 is 14.4 Å². The Kier molecular flexibility index (Phi) is 12.0. The summed E-state index contributed by atoms with van der Waals surface area (Å²) in [6.07, 6.45) is 0.730. The fourth-order valence-corrected chi connectivity index (χ4v) is 2.90. The summed E-state index contributed by atoms with van der Waals surface area (Å²) in [7, 11) is -1.22. The average molecular weight is 335 g/mol.